The molecule has 0 aliphatic rings. The van der Waals surface area contributed by atoms with Crippen molar-refractivity contribution in [1.82, 2.24) is 14.5 Å². The third kappa shape index (κ3) is 5.53. The Bertz CT molecular complexity index is 1970. The van der Waals surface area contributed by atoms with Crippen LogP contribution < -0.4 is 0 Å². The van der Waals surface area contributed by atoms with Crippen LogP contribution in [0, 0.1) is 19.8 Å². The molecule has 0 aliphatic heterocycles. The number of imidazole rings is 1. The van der Waals surface area contributed by atoms with Gasteiger partial charge in [-0.3, -0.25) is 9.55 Å². The van der Waals surface area contributed by atoms with Crippen LogP contribution in [0.25, 0.3) is 50.5 Å². The van der Waals surface area contributed by atoms with Gasteiger partial charge >= 0.3 is 0 Å². The molecule has 4 aromatic carbocycles. The number of rotatable bonds is 6. The van der Waals surface area contributed by atoms with Crippen LogP contribution in [-0.2, 0) is 11.8 Å². The molecule has 4 heteroatoms. The summed E-state index contributed by atoms with van der Waals surface area (Å²) in [6.45, 7) is 15.3. The van der Waals surface area contributed by atoms with E-state index in [2.05, 4.69) is 132 Å². The van der Waals surface area contributed by atoms with E-state index in [9.17, 15) is 5.11 Å². The standard InChI is InChI=1S/C40H41N3O/c1-25(2)21-28-19-20-41-34(22-28)30-14-9-13-29(23-30)32-15-10-16-35-37(32)42-39(43(35)38-26(3)11-8-12-27(38)4)33-24-31(40(5,6)7)17-18-36(33)44/h8-20,22-25,44H,21H2,1-7H3. The Morgan fingerprint density at radius 2 is 1.48 bits per heavy atom. The lowest BCUT2D eigenvalue weighted by molar-refractivity contribution is 0.475. The SMILES string of the molecule is Cc1cccc(C)c1-n1c(-c2cc(C(C)(C)C)ccc2O)nc2c(-c3cccc(-c4cc(CC(C)C)ccn4)c3)cccc21. The third-order valence-corrected chi connectivity index (χ3v) is 8.39. The molecular weight excluding hydrogens is 538 g/mol. The van der Waals surface area contributed by atoms with Gasteiger partial charge in [0.2, 0.25) is 0 Å². The first kappa shape index (κ1) is 29.4. The number of fused-ring (bicyclic) bond motifs is 1. The van der Waals surface area contributed by atoms with Crippen molar-refractivity contribution < 1.29 is 5.11 Å². The first-order chi connectivity index (χ1) is 21.0. The fraction of sp³-hybridized carbons (Fsp3) is 0.250. The number of benzene rings is 4. The summed E-state index contributed by atoms with van der Waals surface area (Å²) in [7, 11) is 0. The number of hydrogen-bond donors (Lipinski definition) is 1. The van der Waals surface area contributed by atoms with Crippen molar-refractivity contribution in [1.29, 1.82) is 0 Å². The molecule has 0 atom stereocenters. The lowest BCUT2D eigenvalue weighted by Crippen LogP contribution is -2.11. The van der Waals surface area contributed by atoms with E-state index in [1.807, 2.05) is 12.3 Å². The summed E-state index contributed by atoms with van der Waals surface area (Å²) in [5.74, 6) is 1.53. The number of phenols is 1. The summed E-state index contributed by atoms with van der Waals surface area (Å²) in [6, 6.07) is 31.5. The monoisotopic (exact) mass is 579 g/mol. The zero-order valence-corrected chi connectivity index (χ0v) is 26.8. The normalized spacial score (nSPS) is 11.9. The molecule has 0 aliphatic carbocycles. The molecule has 0 radical (unpaired) electrons. The van der Waals surface area contributed by atoms with Gasteiger partial charge in [-0.05, 0) is 95.8 Å². The van der Waals surface area contributed by atoms with Crippen LogP contribution >= 0.6 is 0 Å². The maximum atomic E-state index is 11.3. The van der Waals surface area contributed by atoms with Crippen LogP contribution in [0.15, 0.2) is 97.2 Å². The van der Waals surface area contributed by atoms with Crippen molar-refractivity contribution in [2.75, 3.05) is 0 Å². The second kappa shape index (κ2) is 11.4. The van der Waals surface area contributed by atoms with Gasteiger partial charge in [0.25, 0.3) is 0 Å². The van der Waals surface area contributed by atoms with Gasteiger partial charge in [0.05, 0.1) is 28.0 Å². The fourth-order valence-electron chi connectivity index (χ4n) is 6.16. The minimum Gasteiger partial charge on any atom is -0.507 e. The Morgan fingerprint density at radius 1 is 0.773 bits per heavy atom. The van der Waals surface area contributed by atoms with Crippen LogP contribution in [0.5, 0.6) is 5.75 Å². The van der Waals surface area contributed by atoms with E-state index < -0.39 is 0 Å². The van der Waals surface area contributed by atoms with Gasteiger partial charge < -0.3 is 5.11 Å². The van der Waals surface area contributed by atoms with Gasteiger partial charge in [-0.25, -0.2) is 4.98 Å². The maximum absolute atomic E-state index is 11.3. The molecule has 6 aromatic rings. The third-order valence-electron chi connectivity index (χ3n) is 8.39. The number of phenolic OH excluding ortho intramolecular Hbond substituents is 1. The number of aromatic hydroxyl groups is 1. The van der Waals surface area contributed by atoms with E-state index in [0.717, 1.165) is 73.6 Å². The summed E-state index contributed by atoms with van der Waals surface area (Å²) >= 11 is 0. The number of nitrogens with zero attached hydrogens (tertiary/aromatic N) is 3. The first-order valence-electron chi connectivity index (χ1n) is 15.5. The quantitative estimate of drug-likeness (QED) is 0.214. The largest absolute Gasteiger partial charge is 0.507 e. The van der Waals surface area contributed by atoms with Gasteiger partial charge in [-0.2, -0.15) is 0 Å². The molecular formula is C40H41N3O. The summed E-state index contributed by atoms with van der Waals surface area (Å²) < 4.78 is 2.23. The topological polar surface area (TPSA) is 50.9 Å². The van der Waals surface area contributed by atoms with Gasteiger partial charge in [0.1, 0.15) is 11.6 Å². The number of aromatic nitrogens is 3. The Labute approximate surface area is 261 Å². The lowest BCUT2D eigenvalue weighted by Gasteiger charge is -2.21. The highest BCUT2D eigenvalue weighted by Gasteiger charge is 2.24. The van der Waals surface area contributed by atoms with Gasteiger partial charge in [0, 0.05) is 17.3 Å². The number of hydrogen-bond acceptors (Lipinski definition) is 3. The molecule has 6 rings (SSSR count). The first-order valence-corrected chi connectivity index (χ1v) is 15.5. The Morgan fingerprint density at radius 3 is 2.20 bits per heavy atom. The smallest absolute Gasteiger partial charge is 0.149 e. The molecule has 0 bridgehead atoms. The summed E-state index contributed by atoms with van der Waals surface area (Å²) in [4.78, 5) is 10.1. The van der Waals surface area contributed by atoms with Crippen molar-refractivity contribution in [2.45, 2.75) is 60.3 Å². The zero-order valence-electron chi connectivity index (χ0n) is 26.8. The fourth-order valence-corrected chi connectivity index (χ4v) is 6.16. The molecule has 0 amide bonds. The van der Waals surface area contributed by atoms with Gasteiger partial charge in [0.15, 0.2) is 0 Å². The number of aryl methyl sites for hydroxylation is 2. The highest BCUT2D eigenvalue weighted by atomic mass is 16.3. The van der Waals surface area contributed by atoms with Crippen molar-refractivity contribution >= 4 is 11.0 Å². The average molecular weight is 580 g/mol. The molecule has 4 nitrogen and oxygen atoms in total. The molecule has 222 valence electrons. The summed E-state index contributed by atoms with van der Waals surface area (Å²) in [5, 5.41) is 11.3. The van der Waals surface area contributed by atoms with E-state index in [-0.39, 0.29) is 11.2 Å². The van der Waals surface area contributed by atoms with E-state index in [1.165, 1.54) is 5.56 Å². The lowest BCUT2D eigenvalue weighted by atomic mass is 9.86. The van der Waals surface area contributed by atoms with Crippen LogP contribution in [0.4, 0.5) is 0 Å². The molecule has 0 saturated heterocycles. The highest BCUT2D eigenvalue weighted by molar-refractivity contribution is 5.96. The molecule has 2 aromatic heterocycles. The van der Waals surface area contributed by atoms with Crippen molar-refractivity contribution in [3.63, 3.8) is 0 Å². The van der Waals surface area contributed by atoms with E-state index >= 15 is 0 Å². The van der Waals surface area contributed by atoms with E-state index in [1.54, 1.807) is 6.07 Å². The van der Waals surface area contributed by atoms with Crippen molar-refractivity contribution in [3.05, 3.63) is 119 Å². The summed E-state index contributed by atoms with van der Waals surface area (Å²) in [6.07, 6.45) is 2.94. The number of pyridine rings is 1. The maximum Gasteiger partial charge on any atom is 0.149 e. The van der Waals surface area contributed by atoms with Crippen LogP contribution in [0.3, 0.4) is 0 Å². The Kier molecular flexibility index (Phi) is 7.63. The Hall–Kier alpha value is -4.70. The van der Waals surface area contributed by atoms with Crippen molar-refractivity contribution in [2.24, 2.45) is 5.92 Å². The molecule has 0 saturated carbocycles. The van der Waals surface area contributed by atoms with Crippen LogP contribution in [0.2, 0.25) is 0 Å². The van der Waals surface area contributed by atoms with Crippen LogP contribution in [0.1, 0.15) is 56.9 Å². The summed E-state index contributed by atoms with van der Waals surface area (Å²) in [5.41, 5.74) is 12.5. The molecule has 2 heterocycles. The second-order valence-electron chi connectivity index (χ2n) is 13.4. The molecule has 44 heavy (non-hydrogen) atoms. The molecule has 0 fully saturated rings. The predicted molar refractivity (Wildman–Crippen MR) is 184 cm³/mol. The zero-order chi connectivity index (χ0) is 31.2. The average Bonchev–Trinajstić information content (AvgIpc) is 3.36. The second-order valence-corrected chi connectivity index (χ2v) is 13.4. The Balaban J connectivity index is 1.60. The highest BCUT2D eigenvalue weighted by Crippen LogP contribution is 2.40. The molecule has 1 N–H and O–H groups in total. The molecule has 0 spiro atoms. The molecule has 0 unspecified atom stereocenters. The van der Waals surface area contributed by atoms with E-state index in [0.29, 0.717) is 5.92 Å². The number of para-hydroxylation sites is 2. The van der Waals surface area contributed by atoms with Crippen LogP contribution in [-0.4, -0.2) is 19.6 Å². The minimum absolute atomic E-state index is 0.0794. The van der Waals surface area contributed by atoms with E-state index in [4.69, 9.17) is 9.97 Å². The van der Waals surface area contributed by atoms with Gasteiger partial charge in [-0.1, -0.05) is 89.2 Å². The minimum atomic E-state index is -0.0794. The predicted octanol–water partition coefficient (Wildman–Crippen LogP) is 10.2. The van der Waals surface area contributed by atoms with Crippen molar-refractivity contribution in [3.8, 4) is 45.2 Å². The van der Waals surface area contributed by atoms with Gasteiger partial charge in [-0.15, -0.1) is 0 Å².